The number of hydrogen-bond donors (Lipinski definition) is 2. The lowest BCUT2D eigenvalue weighted by atomic mass is 10.1. The third-order valence-corrected chi connectivity index (χ3v) is 3.79. The number of amides is 1. The highest BCUT2D eigenvalue weighted by molar-refractivity contribution is 6.32. The van der Waals surface area contributed by atoms with Crippen LogP contribution in [0.3, 0.4) is 0 Å². The molecular weight excluding hydrogens is 389 g/mol. The molecule has 2 rings (SSSR count). The Kier molecular flexibility index (Phi) is 7.40. The van der Waals surface area contributed by atoms with E-state index >= 15 is 0 Å². The number of benzene rings is 2. The van der Waals surface area contributed by atoms with Crippen LogP contribution in [0.15, 0.2) is 42.1 Å². The van der Waals surface area contributed by atoms with Crippen LogP contribution < -0.4 is 14.8 Å². The van der Waals surface area contributed by atoms with E-state index in [9.17, 15) is 19.1 Å². The molecule has 0 heterocycles. The summed E-state index contributed by atoms with van der Waals surface area (Å²) in [5.41, 5.74) is 0.424. The molecule has 1 amide bonds. The average molecular weight is 408 g/mol. The van der Waals surface area contributed by atoms with Crippen LogP contribution in [-0.4, -0.2) is 23.6 Å². The molecule has 28 heavy (non-hydrogen) atoms. The zero-order valence-electron chi connectivity index (χ0n) is 15.3. The van der Waals surface area contributed by atoms with Crippen molar-refractivity contribution in [1.29, 1.82) is 0 Å². The number of nitrogens with one attached hydrogen (secondary N) is 1. The second kappa shape index (κ2) is 9.75. The van der Waals surface area contributed by atoms with Gasteiger partial charge in [-0.15, -0.1) is 0 Å². The Labute approximate surface area is 166 Å². The zero-order chi connectivity index (χ0) is 20.7. The number of carbonyl (C=O) groups is 2. The maximum Gasteiger partial charge on any atom is 0.352 e. The Morgan fingerprint density at radius 3 is 2.57 bits per heavy atom. The maximum atomic E-state index is 13.8. The van der Waals surface area contributed by atoms with Gasteiger partial charge >= 0.3 is 5.97 Å². The Balaban J connectivity index is 2.36. The minimum absolute atomic E-state index is 0.0616. The maximum absolute atomic E-state index is 13.8. The van der Waals surface area contributed by atoms with E-state index < -0.39 is 17.7 Å². The summed E-state index contributed by atoms with van der Waals surface area (Å²) in [5.74, 6) is -1.75. The lowest BCUT2D eigenvalue weighted by Gasteiger charge is -2.15. The van der Waals surface area contributed by atoms with Crippen LogP contribution >= 0.6 is 11.6 Å². The van der Waals surface area contributed by atoms with E-state index in [0.29, 0.717) is 17.7 Å². The van der Waals surface area contributed by atoms with Gasteiger partial charge in [-0.2, -0.15) is 0 Å². The number of ether oxygens (including phenoxy) is 2. The summed E-state index contributed by atoms with van der Waals surface area (Å²) in [6, 6.07) is 9.17. The number of halogens is 2. The first-order valence-corrected chi connectivity index (χ1v) is 8.74. The number of hydrogen-bond acceptors (Lipinski definition) is 4. The molecule has 0 saturated carbocycles. The number of rotatable bonds is 8. The third kappa shape index (κ3) is 5.72. The van der Waals surface area contributed by atoms with Crippen LogP contribution in [0, 0.1) is 5.82 Å². The Morgan fingerprint density at radius 1 is 1.25 bits per heavy atom. The van der Waals surface area contributed by atoms with Crippen molar-refractivity contribution in [2.75, 3.05) is 6.61 Å². The molecule has 0 aliphatic rings. The molecular formula is C20H19ClFNO5. The van der Waals surface area contributed by atoms with E-state index in [0.717, 1.165) is 0 Å². The molecule has 0 atom stereocenters. The summed E-state index contributed by atoms with van der Waals surface area (Å²) in [6.45, 7) is 3.21. The van der Waals surface area contributed by atoms with Crippen LogP contribution in [-0.2, 0) is 16.2 Å². The molecule has 2 aromatic carbocycles. The quantitative estimate of drug-likeness (QED) is 0.645. The predicted molar refractivity (Wildman–Crippen MR) is 103 cm³/mol. The lowest BCUT2D eigenvalue weighted by Crippen LogP contribution is -2.24. The van der Waals surface area contributed by atoms with E-state index in [1.54, 1.807) is 25.1 Å². The molecule has 2 aromatic rings. The molecule has 148 valence electrons. The van der Waals surface area contributed by atoms with Crippen LogP contribution in [0.1, 0.15) is 25.0 Å². The second-order valence-electron chi connectivity index (χ2n) is 5.69. The van der Waals surface area contributed by atoms with Crippen molar-refractivity contribution < 1.29 is 28.6 Å². The normalized spacial score (nSPS) is 11.1. The highest BCUT2D eigenvalue weighted by atomic mass is 35.5. The fraction of sp³-hybridized carbons (Fsp3) is 0.200. The van der Waals surface area contributed by atoms with Gasteiger partial charge in [0.1, 0.15) is 18.1 Å². The van der Waals surface area contributed by atoms with Crippen molar-refractivity contribution in [3.8, 4) is 11.5 Å². The molecule has 0 bridgehead atoms. The molecule has 0 radical (unpaired) electrons. The SMILES string of the molecule is CCOc1cc(/C=C(/NC(C)=O)C(=O)O)cc(Cl)c1OCc1ccccc1F. The summed E-state index contributed by atoms with van der Waals surface area (Å²) in [4.78, 5) is 22.5. The minimum Gasteiger partial charge on any atom is -0.490 e. The fourth-order valence-electron chi connectivity index (χ4n) is 2.35. The highest BCUT2D eigenvalue weighted by Gasteiger charge is 2.15. The van der Waals surface area contributed by atoms with Crippen molar-refractivity contribution in [2.24, 2.45) is 0 Å². The van der Waals surface area contributed by atoms with Crippen LogP contribution in [0.4, 0.5) is 4.39 Å². The first kappa shape index (κ1) is 21.2. The van der Waals surface area contributed by atoms with Gasteiger partial charge in [-0.1, -0.05) is 29.8 Å². The fourth-order valence-corrected chi connectivity index (χ4v) is 2.62. The zero-order valence-corrected chi connectivity index (χ0v) is 16.0. The molecule has 0 aliphatic heterocycles. The van der Waals surface area contributed by atoms with Crippen LogP contribution in [0.2, 0.25) is 5.02 Å². The first-order chi connectivity index (χ1) is 13.3. The summed E-state index contributed by atoms with van der Waals surface area (Å²) in [7, 11) is 0. The lowest BCUT2D eigenvalue weighted by molar-refractivity contribution is -0.134. The largest absolute Gasteiger partial charge is 0.490 e. The molecule has 0 fully saturated rings. The predicted octanol–water partition coefficient (Wildman–Crippen LogP) is 4.02. The molecule has 6 nitrogen and oxygen atoms in total. The smallest absolute Gasteiger partial charge is 0.352 e. The van der Waals surface area contributed by atoms with E-state index in [2.05, 4.69) is 5.32 Å². The number of carbonyl (C=O) groups excluding carboxylic acids is 1. The van der Waals surface area contributed by atoms with Crippen molar-refractivity contribution in [2.45, 2.75) is 20.5 Å². The molecule has 2 N–H and O–H groups in total. The topological polar surface area (TPSA) is 84.9 Å². The number of aliphatic carboxylic acids is 1. The minimum atomic E-state index is -1.30. The Bertz CT molecular complexity index is 913. The highest BCUT2D eigenvalue weighted by Crippen LogP contribution is 2.38. The van der Waals surface area contributed by atoms with Gasteiger partial charge in [0.15, 0.2) is 11.5 Å². The van der Waals surface area contributed by atoms with Crippen molar-refractivity contribution >= 4 is 29.6 Å². The molecule has 0 aromatic heterocycles. The van der Waals surface area contributed by atoms with E-state index in [4.69, 9.17) is 21.1 Å². The molecule has 0 saturated heterocycles. The van der Waals surface area contributed by atoms with E-state index in [1.807, 2.05) is 0 Å². The van der Waals surface area contributed by atoms with Gasteiger partial charge in [-0.3, -0.25) is 4.79 Å². The van der Waals surface area contributed by atoms with Gasteiger partial charge in [-0.25, -0.2) is 9.18 Å². The van der Waals surface area contributed by atoms with Gasteiger partial charge in [0, 0.05) is 12.5 Å². The second-order valence-corrected chi connectivity index (χ2v) is 6.09. The average Bonchev–Trinajstić information content (AvgIpc) is 2.61. The molecule has 0 aliphatic carbocycles. The van der Waals surface area contributed by atoms with Crippen LogP contribution in [0.25, 0.3) is 6.08 Å². The van der Waals surface area contributed by atoms with Gasteiger partial charge in [-0.05, 0) is 36.8 Å². The molecule has 0 unspecified atom stereocenters. The molecule has 8 heteroatoms. The van der Waals surface area contributed by atoms with Gasteiger partial charge in [0.05, 0.1) is 11.6 Å². The summed E-state index contributed by atoms with van der Waals surface area (Å²) in [6.07, 6.45) is 1.25. The van der Waals surface area contributed by atoms with Crippen molar-refractivity contribution in [3.05, 3.63) is 64.1 Å². The van der Waals surface area contributed by atoms with E-state index in [-0.39, 0.29) is 28.8 Å². The summed E-state index contributed by atoms with van der Waals surface area (Å²) >= 11 is 6.28. The number of carboxylic acids is 1. The summed E-state index contributed by atoms with van der Waals surface area (Å²) < 4.78 is 25.0. The van der Waals surface area contributed by atoms with Crippen LogP contribution in [0.5, 0.6) is 11.5 Å². The van der Waals surface area contributed by atoms with Gasteiger partial charge in [0.25, 0.3) is 0 Å². The summed E-state index contributed by atoms with van der Waals surface area (Å²) in [5, 5.41) is 11.6. The first-order valence-electron chi connectivity index (χ1n) is 8.37. The number of carboxylic acid groups (broad SMARTS) is 1. The van der Waals surface area contributed by atoms with Gasteiger partial charge in [0.2, 0.25) is 5.91 Å². The molecule has 0 spiro atoms. The Morgan fingerprint density at radius 2 is 1.96 bits per heavy atom. The monoisotopic (exact) mass is 407 g/mol. The van der Waals surface area contributed by atoms with Crippen molar-refractivity contribution in [3.63, 3.8) is 0 Å². The van der Waals surface area contributed by atoms with Crippen molar-refractivity contribution in [1.82, 2.24) is 5.32 Å². The van der Waals surface area contributed by atoms with E-state index in [1.165, 1.54) is 31.2 Å². The third-order valence-electron chi connectivity index (χ3n) is 3.51. The standard InChI is InChI=1S/C20H19ClFNO5/c1-3-27-18-10-13(9-17(20(25)26)23-12(2)24)8-15(21)19(18)28-11-14-6-4-5-7-16(14)22/h4-10H,3,11H2,1-2H3,(H,23,24)(H,25,26)/b17-9+. The van der Waals surface area contributed by atoms with Gasteiger partial charge < -0.3 is 19.9 Å². The Hall–Kier alpha value is -3.06.